The van der Waals surface area contributed by atoms with Gasteiger partial charge < -0.3 is 0 Å². The van der Waals surface area contributed by atoms with Crippen molar-refractivity contribution >= 4 is 0 Å². The molecule has 0 radical (unpaired) electrons. The van der Waals surface area contributed by atoms with Gasteiger partial charge in [-0.1, -0.05) is 143 Å². The van der Waals surface area contributed by atoms with Crippen molar-refractivity contribution < 1.29 is 4.57 Å². The monoisotopic (exact) mass is 490 g/mol. The van der Waals surface area contributed by atoms with E-state index in [1.165, 1.54) is 174 Å². The molecule has 1 aromatic heterocycles. The lowest BCUT2D eigenvalue weighted by Crippen LogP contribution is -2.37. The number of imidazole rings is 1. The molecule has 0 saturated carbocycles. The molecule has 0 spiro atoms. The van der Waals surface area contributed by atoms with Crippen LogP contribution in [0.25, 0.3) is 0 Å². The Bertz CT molecular complexity index is 547. The van der Waals surface area contributed by atoms with E-state index in [0.29, 0.717) is 0 Å². The molecule has 2 heteroatoms. The van der Waals surface area contributed by atoms with E-state index in [1.807, 2.05) is 0 Å². The van der Waals surface area contributed by atoms with Gasteiger partial charge in [-0.05, 0) is 32.1 Å². The molecule has 0 unspecified atom stereocenters. The van der Waals surface area contributed by atoms with Crippen molar-refractivity contribution in [1.29, 1.82) is 0 Å². The number of hydrogen-bond donors (Lipinski definition) is 0. The van der Waals surface area contributed by atoms with Gasteiger partial charge in [0.05, 0.1) is 13.1 Å². The lowest BCUT2D eigenvalue weighted by molar-refractivity contribution is -0.704. The van der Waals surface area contributed by atoms with Gasteiger partial charge in [0.25, 0.3) is 5.82 Å². The van der Waals surface area contributed by atoms with Crippen LogP contribution in [0.2, 0.25) is 0 Å². The normalized spacial score (nSPS) is 11.5. The first kappa shape index (κ1) is 32.2. The molecule has 206 valence electrons. The molecule has 0 saturated heterocycles. The van der Waals surface area contributed by atoms with Gasteiger partial charge in [-0.2, -0.15) is 0 Å². The smallest absolute Gasteiger partial charge is 0.234 e. The summed E-state index contributed by atoms with van der Waals surface area (Å²) in [5.41, 5.74) is 0. The maximum Gasteiger partial charge on any atom is 0.256 e. The first-order chi connectivity index (χ1) is 17.3. The van der Waals surface area contributed by atoms with E-state index in [1.54, 1.807) is 5.82 Å². The summed E-state index contributed by atoms with van der Waals surface area (Å²) in [6, 6.07) is 0. The van der Waals surface area contributed by atoms with E-state index < -0.39 is 0 Å². The summed E-state index contributed by atoms with van der Waals surface area (Å²) in [6.07, 6.45) is 40.0. The van der Waals surface area contributed by atoms with E-state index in [-0.39, 0.29) is 0 Å². The van der Waals surface area contributed by atoms with Crippen molar-refractivity contribution in [1.82, 2.24) is 4.57 Å². The number of nitrogens with zero attached hydrogens (tertiary/aromatic N) is 2. The highest BCUT2D eigenvalue weighted by molar-refractivity contribution is 4.84. The summed E-state index contributed by atoms with van der Waals surface area (Å²) < 4.78 is 5.21. The number of aryl methyl sites for hydroxylation is 2. The highest BCUT2D eigenvalue weighted by Crippen LogP contribution is 2.14. The van der Waals surface area contributed by atoms with Crippen molar-refractivity contribution in [3.8, 4) is 0 Å². The lowest BCUT2D eigenvalue weighted by atomic mass is 10.0. The van der Waals surface area contributed by atoms with Crippen molar-refractivity contribution in [2.45, 2.75) is 194 Å². The van der Waals surface area contributed by atoms with Gasteiger partial charge in [-0.25, -0.2) is 9.13 Å². The van der Waals surface area contributed by atoms with Crippen LogP contribution < -0.4 is 4.57 Å². The molecule has 0 aliphatic heterocycles. The predicted octanol–water partition coefficient (Wildman–Crippen LogP) is 10.7. The first-order valence-corrected chi connectivity index (χ1v) is 16.4. The Morgan fingerprint density at radius 3 is 1.37 bits per heavy atom. The third kappa shape index (κ3) is 18.2. The molecule has 1 heterocycles. The average Bonchev–Trinajstić information content (AvgIpc) is 3.25. The second-order valence-corrected chi connectivity index (χ2v) is 11.3. The van der Waals surface area contributed by atoms with E-state index in [0.717, 1.165) is 0 Å². The second-order valence-electron chi connectivity index (χ2n) is 11.3. The molecule has 1 aromatic rings. The van der Waals surface area contributed by atoms with Crippen molar-refractivity contribution in [2.75, 3.05) is 0 Å². The Hall–Kier alpha value is -0.790. The summed E-state index contributed by atoms with van der Waals surface area (Å²) >= 11 is 0. The van der Waals surface area contributed by atoms with Gasteiger partial charge in [-0.15, -0.1) is 0 Å². The summed E-state index contributed by atoms with van der Waals surface area (Å²) in [5.74, 6) is 1.61. The maximum absolute atomic E-state index is 2.61. The van der Waals surface area contributed by atoms with E-state index in [4.69, 9.17) is 0 Å². The highest BCUT2D eigenvalue weighted by atomic mass is 15.1. The zero-order chi connectivity index (χ0) is 25.2. The average molecular weight is 490 g/mol. The Morgan fingerprint density at radius 1 is 0.486 bits per heavy atom. The molecule has 0 atom stereocenters. The van der Waals surface area contributed by atoms with E-state index in [9.17, 15) is 0 Å². The molecule has 0 aliphatic rings. The fourth-order valence-corrected chi connectivity index (χ4v) is 5.44. The van der Waals surface area contributed by atoms with Gasteiger partial charge >= 0.3 is 0 Å². The molecule has 0 aliphatic carbocycles. The summed E-state index contributed by atoms with van der Waals surface area (Å²) in [4.78, 5) is 0. The fourth-order valence-electron chi connectivity index (χ4n) is 5.44. The van der Waals surface area contributed by atoms with Crippen LogP contribution in [0.1, 0.15) is 181 Å². The van der Waals surface area contributed by atoms with Crippen LogP contribution in [-0.2, 0) is 19.5 Å². The Balaban J connectivity index is 2.24. The van der Waals surface area contributed by atoms with Gasteiger partial charge in [0, 0.05) is 6.42 Å². The van der Waals surface area contributed by atoms with E-state index in [2.05, 4.69) is 42.3 Å². The number of aromatic nitrogens is 2. The Kier molecular flexibility index (Phi) is 22.9. The molecule has 0 fully saturated rings. The predicted molar refractivity (Wildman–Crippen MR) is 156 cm³/mol. The third-order valence-corrected chi connectivity index (χ3v) is 7.85. The molecular formula is C33H65N2+. The summed E-state index contributed by atoms with van der Waals surface area (Å²) in [7, 11) is 0. The minimum absolute atomic E-state index is 1.22. The SMILES string of the molecule is CCCCCCCCCCCCCCC[n+]1ccn(CCCCCCCC)c1CCCCCCC. The summed E-state index contributed by atoms with van der Waals surface area (Å²) in [6.45, 7) is 9.38. The zero-order valence-corrected chi connectivity index (χ0v) is 24.6. The quantitative estimate of drug-likeness (QED) is 0.0858. The van der Waals surface area contributed by atoms with Gasteiger partial charge in [0.15, 0.2) is 0 Å². The molecule has 35 heavy (non-hydrogen) atoms. The Morgan fingerprint density at radius 2 is 0.886 bits per heavy atom. The molecule has 0 amide bonds. The minimum Gasteiger partial charge on any atom is -0.234 e. The zero-order valence-electron chi connectivity index (χ0n) is 24.6. The second kappa shape index (κ2) is 24.9. The molecular weight excluding hydrogens is 424 g/mol. The van der Waals surface area contributed by atoms with Crippen molar-refractivity contribution in [3.05, 3.63) is 18.2 Å². The standard InChI is InChI=1S/C33H65N2/c1-4-7-10-13-15-16-17-18-19-20-21-24-27-30-35-32-31-34(29-26-23-14-11-8-5-2)33(35)28-25-22-12-9-6-3/h31-32H,4-30H2,1-3H3/q+1. The molecule has 0 bridgehead atoms. The Labute approximate surface area is 221 Å². The lowest BCUT2D eigenvalue weighted by Gasteiger charge is -2.07. The number of unbranched alkanes of at least 4 members (excludes halogenated alkanes) is 21. The van der Waals surface area contributed by atoms with Crippen LogP contribution in [0.3, 0.4) is 0 Å². The topological polar surface area (TPSA) is 8.81 Å². The van der Waals surface area contributed by atoms with Crippen LogP contribution in [0.15, 0.2) is 12.4 Å². The van der Waals surface area contributed by atoms with Crippen LogP contribution in [-0.4, -0.2) is 4.57 Å². The maximum atomic E-state index is 2.61. The van der Waals surface area contributed by atoms with Crippen molar-refractivity contribution in [2.24, 2.45) is 0 Å². The van der Waals surface area contributed by atoms with E-state index >= 15 is 0 Å². The van der Waals surface area contributed by atoms with Crippen LogP contribution in [0.5, 0.6) is 0 Å². The molecule has 0 aromatic carbocycles. The van der Waals surface area contributed by atoms with Crippen molar-refractivity contribution in [3.63, 3.8) is 0 Å². The fraction of sp³-hybridized carbons (Fsp3) is 0.909. The highest BCUT2D eigenvalue weighted by Gasteiger charge is 2.16. The molecule has 0 N–H and O–H groups in total. The number of hydrogen-bond acceptors (Lipinski definition) is 0. The van der Waals surface area contributed by atoms with Crippen LogP contribution in [0.4, 0.5) is 0 Å². The molecule has 2 nitrogen and oxygen atoms in total. The van der Waals surface area contributed by atoms with Crippen LogP contribution in [0, 0.1) is 0 Å². The van der Waals surface area contributed by atoms with Gasteiger partial charge in [0.1, 0.15) is 12.4 Å². The van der Waals surface area contributed by atoms with Crippen LogP contribution >= 0.6 is 0 Å². The molecule has 1 rings (SSSR count). The first-order valence-electron chi connectivity index (χ1n) is 16.4. The van der Waals surface area contributed by atoms with Gasteiger partial charge in [0.2, 0.25) is 0 Å². The number of rotatable bonds is 27. The third-order valence-electron chi connectivity index (χ3n) is 7.85. The largest absolute Gasteiger partial charge is 0.256 e. The summed E-state index contributed by atoms with van der Waals surface area (Å²) in [5, 5.41) is 0. The minimum atomic E-state index is 1.22. The van der Waals surface area contributed by atoms with Gasteiger partial charge in [-0.3, -0.25) is 0 Å².